The molecule has 182 valence electrons. The molecule has 0 radical (unpaired) electrons. The summed E-state index contributed by atoms with van der Waals surface area (Å²) >= 11 is 5.92. The number of carbonyl (C=O) groups is 2. The number of ketones is 1. The van der Waals surface area contributed by atoms with Crippen molar-refractivity contribution in [2.75, 3.05) is 0 Å². The lowest BCUT2D eigenvalue weighted by Gasteiger charge is -2.17. The summed E-state index contributed by atoms with van der Waals surface area (Å²) in [6, 6.07) is 11.9. The Hall–Kier alpha value is -3.39. The van der Waals surface area contributed by atoms with Gasteiger partial charge in [0.2, 0.25) is 5.69 Å². The number of benzene rings is 2. The highest BCUT2D eigenvalue weighted by Crippen LogP contribution is 2.40. The van der Waals surface area contributed by atoms with Crippen molar-refractivity contribution in [2.45, 2.75) is 37.8 Å². The van der Waals surface area contributed by atoms with Gasteiger partial charge >= 0.3 is 12.1 Å². The van der Waals surface area contributed by atoms with Crippen molar-refractivity contribution in [3.63, 3.8) is 0 Å². The van der Waals surface area contributed by atoms with Gasteiger partial charge in [-0.2, -0.15) is 17.9 Å². The zero-order valence-corrected chi connectivity index (χ0v) is 19.1. The normalized spacial score (nSPS) is 14.5. The summed E-state index contributed by atoms with van der Waals surface area (Å²) in [4.78, 5) is 24.2. The summed E-state index contributed by atoms with van der Waals surface area (Å²) < 4.78 is 41.0. The van der Waals surface area contributed by atoms with E-state index in [0.29, 0.717) is 22.6 Å². The molecule has 0 spiro atoms. The topological polar surface area (TPSA) is 81.3 Å². The minimum atomic E-state index is -4.63. The summed E-state index contributed by atoms with van der Waals surface area (Å²) in [6.07, 6.45) is -1.21. The molecular weight excluding hydrogens is 483 g/mol. The first kappa shape index (κ1) is 24.7. The van der Waals surface area contributed by atoms with Crippen molar-refractivity contribution in [3.8, 4) is 11.1 Å². The fourth-order valence-corrected chi connectivity index (χ4v) is 4.29. The molecule has 2 aromatic carbocycles. The van der Waals surface area contributed by atoms with Crippen molar-refractivity contribution in [2.24, 2.45) is 5.92 Å². The van der Waals surface area contributed by atoms with Crippen LogP contribution in [0.2, 0.25) is 5.02 Å². The highest BCUT2D eigenvalue weighted by Gasteiger charge is 2.36. The Balaban J connectivity index is 1.64. The van der Waals surface area contributed by atoms with E-state index in [4.69, 9.17) is 16.7 Å². The van der Waals surface area contributed by atoms with Gasteiger partial charge in [0, 0.05) is 28.6 Å². The van der Waals surface area contributed by atoms with Crippen LogP contribution in [0.5, 0.6) is 0 Å². The molecule has 1 aliphatic rings. The van der Waals surface area contributed by atoms with E-state index in [-0.39, 0.29) is 39.6 Å². The molecule has 5 nitrogen and oxygen atoms in total. The molecule has 0 saturated heterocycles. The number of hydrogen-bond acceptors (Lipinski definition) is 3. The van der Waals surface area contributed by atoms with Gasteiger partial charge in [-0.1, -0.05) is 36.6 Å². The van der Waals surface area contributed by atoms with Gasteiger partial charge in [0.15, 0.2) is 12.0 Å². The van der Waals surface area contributed by atoms with Crippen molar-refractivity contribution in [1.29, 1.82) is 0 Å². The Kier molecular flexibility index (Phi) is 6.85. The zero-order valence-electron chi connectivity index (χ0n) is 18.4. The molecule has 1 fully saturated rings. The van der Waals surface area contributed by atoms with E-state index in [1.165, 1.54) is 24.3 Å². The molecule has 1 saturated carbocycles. The fraction of sp³-hybridized carbons (Fsp3) is 0.269. The number of carboxylic acids is 1. The molecule has 1 aromatic heterocycles. The highest BCUT2D eigenvalue weighted by molar-refractivity contribution is 6.30. The third kappa shape index (κ3) is 5.82. The van der Waals surface area contributed by atoms with E-state index in [1.807, 2.05) is 0 Å². The van der Waals surface area contributed by atoms with Gasteiger partial charge in [-0.05, 0) is 54.3 Å². The molecule has 9 heteroatoms. The predicted octanol–water partition coefficient (Wildman–Crippen LogP) is 6.05. The first-order valence-electron chi connectivity index (χ1n) is 11.0. The molecule has 0 aliphatic heterocycles. The number of halogens is 4. The number of aromatic nitrogens is 1. The first-order chi connectivity index (χ1) is 16.5. The van der Waals surface area contributed by atoms with Crippen LogP contribution in [0.25, 0.3) is 11.1 Å². The van der Waals surface area contributed by atoms with E-state index in [1.54, 1.807) is 12.1 Å². The second-order valence-corrected chi connectivity index (χ2v) is 9.17. The lowest BCUT2D eigenvalue weighted by atomic mass is 9.89. The maximum absolute atomic E-state index is 13.5. The van der Waals surface area contributed by atoms with Crippen LogP contribution < -0.4 is 4.73 Å². The Labute approximate surface area is 204 Å². The Bertz CT molecular complexity index is 1270. The van der Waals surface area contributed by atoms with Gasteiger partial charge in [0.05, 0.1) is 11.1 Å². The van der Waals surface area contributed by atoms with Crippen LogP contribution in [0.4, 0.5) is 13.2 Å². The minimum Gasteiger partial charge on any atom is -0.618 e. The molecule has 1 atom stereocenters. The average molecular weight is 504 g/mol. The van der Waals surface area contributed by atoms with Crippen molar-refractivity contribution in [3.05, 3.63) is 93.4 Å². The van der Waals surface area contributed by atoms with Gasteiger partial charge in [-0.25, -0.2) is 4.79 Å². The molecule has 1 N–H and O–H groups in total. The summed E-state index contributed by atoms with van der Waals surface area (Å²) in [6.45, 7) is 0. The van der Waals surface area contributed by atoms with Gasteiger partial charge in [0.1, 0.15) is 5.92 Å². The monoisotopic (exact) mass is 503 g/mol. The first-order valence-corrected chi connectivity index (χ1v) is 11.4. The molecule has 0 amide bonds. The van der Waals surface area contributed by atoms with Crippen LogP contribution >= 0.6 is 11.6 Å². The van der Waals surface area contributed by atoms with Crippen molar-refractivity contribution < 1.29 is 32.6 Å². The van der Waals surface area contributed by atoms with Gasteiger partial charge < -0.3 is 10.3 Å². The van der Waals surface area contributed by atoms with Crippen LogP contribution in [0.1, 0.15) is 52.4 Å². The van der Waals surface area contributed by atoms with Crippen LogP contribution in [0.3, 0.4) is 0 Å². The SMILES string of the molecule is O=C(O)c1ccc(CC(=O)C(CC2CC2)c2ccc(-c3cc(Cl)ccc3C(F)(F)F)c[n+]2[O-])cc1. The largest absolute Gasteiger partial charge is 0.618 e. The number of alkyl halides is 3. The van der Waals surface area contributed by atoms with Gasteiger partial charge in [-0.3, -0.25) is 4.79 Å². The Morgan fingerprint density at radius 3 is 2.34 bits per heavy atom. The van der Waals surface area contributed by atoms with E-state index in [9.17, 15) is 28.0 Å². The zero-order chi connectivity index (χ0) is 25.3. The van der Waals surface area contributed by atoms with E-state index in [0.717, 1.165) is 37.2 Å². The Morgan fingerprint density at radius 2 is 1.77 bits per heavy atom. The molecule has 0 bridgehead atoms. The van der Waals surface area contributed by atoms with Crippen LogP contribution in [-0.4, -0.2) is 16.9 Å². The molecule has 4 rings (SSSR count). The van der Waals surface area contributed by atoms with Gasteiger partial charge in [0.25, 0.3) is 0 Å². The number of Topliss-reactive ketones (excluding diaryl/α,β-unsaturated/α-hetero) is 1. The van der Waals surface area contributed by atoms with Crippen LogP contribution in [-0.2, 0) is 17.4 Å². The molecular formula is C26H21ClF3NO4. The maximum atomic E-state index is 13.5. The summed E-state index contributed by atoms with van der Waals surface area (Å²) in [5.41, 5.74) is -0.203. The number of nitrogens with zero attached hydrogens (tertiary/aromatic N) is 1. The van der Waals surface area contributed by atoms with Gasteiger partial charge in [-0.15, -0.1) is 0 Å². The number of carbonyl (C=O) groups excluding carboxylic acids is 1. The quantitative estimate of drug-likeness (QED) is 0.299. The minimum absolute atomic E-state index is 0.00551. The standard InChI is InChI=1S/C26H21ClF3NO4/c27-19-8-9-22(26(28,29)30)20(13-19)18-7-10-23(31(35)14-18)21(11-15-1-2-15)24(32)12-16-3-5-17(6-4-16)25(33)34/h3-10,13-15,21H,1-2,11-12H2,(H,33,34). The second kappa shape index (κ2) is 9.70. The number of rotatable bonds is 8. The lowest BCUT2D eigenvalue weighted by Crippen LogP contribution is -2.36. The molecule has 35 heavy (non-hydrogen) atoms. The third-order valence-electron chi connectivity index (χ3n) is 6.13. The molecule has 1 unspecified atom stereocenters. The summed E-state index contributed by atoms with van der Waals surface area (Å²) in [7, 11) is 0. The highest BCUT2D eigenvalue weighted by atomic mass is 35.5. The lowest BCUT2D eigenvalue weighted by molar-refractivity contribution is -0.614. The molecule has 1 heterocycles. The number of pyridine rings is 1. The maximum Gasteiger partial charge on any atom is 0.417 e. The van der Waals surface area contributed by atoms with Crippen molar-refractivity contribution in [1.82, 2.24) is 0 Å². The second-order valence-electron chi connectivity index (χ2n) is 8.73. The molecule has 1 aliphatic carbocycles. The third-order valence-corrected chi connectivity index (χ3v) is 6.37. The predicted molar refractivity (Wildman–Crippen MR) is 123 cm³/mol. The summed E-state index contributed by atoms with van der Waals surface area (Å²) in [5.74, 6) is -1.70. The van der Waals surface area contributed by atoms with Crippen molar-refractivity contribution >= 4 is 23.4 Å². The summed E-state index contributed by atoms with van der Waals surface area (Å²) in [5, 5.41) is 22.1. The van der Waals surface area contributed by atoms with E-state index < -0.39 is 23.6 Å². The fourth-order valence-electron chi connectivity index (χ4n) is 4.12. The van der Waals surface area contributed by atoms with Crippen LogP contribution in [0, 0.1) is 11.1 Å². The molecule has 3 aromatic rings. The van der Waals surface area contributed by atoms with E-state index >= 15 is 0 Å². The van der Waals surface area contributed by atoms with Crippen LogP contribution in [0.15, 0.2) is 60.8 Å². The average Bonchev–Trinajstić information content (AvgIpc) is 3.61. The number of aromatic carboxylic acids is 1. The number of hydrogen-bond donors (Lipinski definition) is 1. The van der Waals surface area contributed by atoms with E-state index in [2.05, 4.69) is 0 Å². The number of carboxylic acid groups (broad SMARTS) is 1. The Morgan fingerprint density at radius 1 is 1.09 bits per heavy atom. The smallest absolute Gasteiger partial charge is 0.417 e.